The Labute approximate surface area is 134 Å². The van der Waals surface area contributed by atoms with Crippen molar-refractivity contribution in [3.05, 3.63) is 29.8 Å². The van der Waals surface area contributed by atoms with Crippen LogP contribution in [0.3, 0.4) is 0 Å². The van der Waals surface area contributed by atoms with E-state index in [-0.39, 0.29) is 58.6 Å². The predicted octanol–water partition coefficient (Wildman–Crippen LogP) is 2.20. The average molecular weight is 475 g/mol. The molecule has 0 aliphatic heterocycles. The van der Waals surface area contributed by atoms with Crippen molar-refractivity contribution in [2.75, 3.05) is 0 Å². The molecule has 0 saturated carbocycles. The topological polar surface area (TPSA) is 51.7 Å². The summed E-state index contributed by atoms with van der Waals surface area (Å²) in [4.78, 5) is 0. The molecule has 0 aromatic heterocycles. The fourth-order valence-corrected chi connectivity index (χ4v) is 1.57. The minimum atomic E-state index is 0. The molecule has 0 fully saturated rings. The van der Waals surface area contributed by atoms with Crippen molar-refractivity contribution in [3.8, 4) is 5.75 Å². The molecule has 0 aliphatic carbocycles. The van der Waals surface area contributed by atoms with E-state index in [1.807, 2.05) is 23.9 Å². The van der Waals surface area contributed by atoms with Crippen LogP contribution in [0.25, 0.3) is 0 Å². The van der Waals surface area contributed by atoms with E-state index in [0.29, 0.717) is 11.0 Å². The first-order valence-corrected chi connectivity index (χ1v) is 5.13. The number of hydrogen-bond acceptors (Lipinski definition) is 2. The van der Waals surface area contributed by atoms with Crippen LogP contribution in [0, 0.1) is 0 Å². The number of thioether (sulfide) groups is 1. The molecule has 0 spiro atoms. The molecular formula is C10H16O2ReSY. The van der Waals surface area contributed by atoms with Gasteiger partial charge in [0.25, 0.3) is 0 Å². The summed E-state index contributed by atoms with van der Waals surface area (Å²) in [5.74, 6) is 1.37. The zero-order chi connectivity index (χ0) is 8.97. The van der Waals surface area contributed by atoms with Crippen molar-refractivity contribution < 1.29 is 63.7 Å². The maximum absolute atomic E-state index is 9.03. The second-order valence-corrected chi connectivity index (χ2v) is 4.59. The molecule has 84 valence electrons. The van der Waals surface area contributed by atoms with Crippen LogP contribution >= 0.6 is 11.8 Å². The summed E-state index contributed by atoms with van der Waals surface area (Å²) in [5.41, 5.74) is 1.27. The van der Waals surface area contributed by atoms with E-state index in [0.717, 1.165) is 5.75 Å². The van der Waals surface area contributed by atoms with E-state index in [1.165, 1.54) is 5.56 Å². The number of hydrogen-bond donors (Lipinski definition) is 1. The summed E-state index contributed by atoms with van der Waals surface area (Å²) in [6, 6.07) is 7.39. The van der Waals surface area contributed by atoms with Crippen molar-refractivity contribution in [2.45, 2.75) is 24.9 Å². The van der Waals surface area contributed by atoms with Gasteiger partial charge in [0.1, 0.15) is 5.75 Å². The van der Waals surface area contributed by atoms with E-state index in [9.17, 15) is 0 Å². The molecule has 2 nitrogen and oxygen atoms in total. The van der Waals surface area contributed by atoms with Crippen LogP contribution in [-0.4, -0.2) is 15.8 Å². The van der Waals surface area contributed by atoms with Gasteiger partial charge in [0.15, 0.2) is 0 Å². The van der Waals surface area contributed by atoms with Gasteiger partial charge < -0.3 is 10.6 Å². The minimum absolute atomic E-state index is 0. The van der Waals surface area contributed by atoms with E-state index >= 15 is 0 Å². The maximum atomic E-state index is 9.03. The third-order valence-corrected chi connectivity index (χ3v) is 2.69. The van der Waals surface area contributed by atoms with E-state index < -0.39 is 0 Å². The standard InChI is InChI=1S/C10H14OS.H2O.Re.Y/c1-8(2)12-7-9-3-5-10(11)6-4-9;;;/h3-6,8,11H,7H2,1-2H3;1H2;;. The summed E-state index contributed by atoms with van der Waals surface area (Å²) in [7, 11) is 0. The Hall–Kier alpha value is 1.10. The molecule has 1 aromatic rings. The van der Waals surface area contributed by atoms with Crippen molar-refractivity contribution in [3.63, 3.8) is 0 Å². The minimum Gasteiger partial charge on any atom is -0.508 e. The molecule has 0 aliphatic rings. The number of benzene rings is 1. The Balaban J connectivity index is -0.000000480. The molecule has 1 rings (SSSR count). The summed E-state index contributed by atoms with van der Waals surface area (Å²) in [6.07, 6.45) is 0. The van der Waals surface area contributed by atoms with Crippen molar-refractivity contribution in [2.24, 2.45) is 0 Å². The fourth-order valence-electron chi connectivity index (χ4n) is 0.855. The van der Waals surface area contributed by atoms with Crippen LogP contribution in [0.5, 0.6) is 5.75 Å². The number of phenols is 1. The van der Waals surface area contributed by atoms with E-state index in [4.69, 9.17) is 5.11 Å². The van der Waals surface area contributed by atoms with Crippen molar-refractivity contribution in [1.82, 2.24) is 0 Å². The molecule has 0 heterocycles. The average Bonchev–Trinajstić information content (AvgIpc) is 2.03. The molecular weight excluding hydrogens is 459 g/mol. The van der Waals surface area contributed by atoms with Gasteiger partial charge in [0.05, 0.1) is 0 Å². The Morgan fingerprint density at radius 2 is 1.67 bits per heavy atom. The molecule has 5 heteroatoms. The normalized spacial score (nSPS) is 8.47. The smallest absolute Gasteiger partial charge is 0.115 e. The van der Waals surface area contributed by atoms with Crippen LogP contribution < -0.4 is 0 Å². The first-order valence-electron chi connectivity index (χ1n) is 4.08. The van der Waals surface area contributed by atoms with Crippen LogP contribution in [-0.2, 0) is 58.9 Å². The Kier molecular flexibility index (Phi) is 16.5. The Morgan fingerprint density at radius 3 is 2.07 bits per heavy atom. The quantitative estimate of drug-likeness (QED) is 0.729. The SMILES string of the molecule is CC(C)SCc1ccc(O)cc1.O.[Re].[Y]. The molecule has 0 atom stereocenters. The van der Waals surface area contributed by atoms with Gasteiger partial charge in [-0.25, -0.2) is 0 Å². The van der Waals surface area contributed by atoms with Crippen molar-refractivity contribution in [1.29, 1.82) is 0 Å². The number of phenolic OH excluding ortho intramolecular Hbond substituents is 1. The van der Waals surface area contributed by atoms with Gasteiger partial charge in [-0.15, -0.1) is 0 Å². The summed E-state index contributed by atoms with van der Waals surface area (Å²) in [6.45, 7) is 4.37. The van der Waals surface area contributed by atoms with Gasteiger partial charge in [-0.3, -0.25) is 0 Å². The van der Waals surface area contributed by atoms with Gasteiger partial charge in [0, 0.05) is 58.9 Å². The van der Waals surface area contributed by atoms with Crippen LogP contribution in [0.15, 0.2) is 24.3 Å². The molecule has 0 unspecified atom stereocenters. The van der Waals surface area contributed by atoms with Crippen molar-refractivity contribution >= 4 is 11.8 Å². The fraction of sp³-hybridized carbons (Fsp3) is 0.400. The molecule has 0 amide bonds. The van der Waals surface area contributed by atoms with Gasteiger partial charge in [-0.05, 0) is 22.9 Å². The van der Waals surface area contributed by atoms with E-state index in [2.05, 4.69) is 13.8 Å². The molecule has 0 saturated heterocycles. The third kappa shape index (κ3) is 9.99. The molecule has 3 N–H and O–H groups in total. The summed E-state index contributed by atoms with van der Waals surface area (Å²) >= 11 is 1.91. The second-order valence-electron chi connectivity index (χ2n) is 3.03. The molecule has 1 aromatic carbocycles. The Morgan fingerprint density at radius 1 is 1.20 bits per heavy atom. The predicted molar refractivity (Wildman–Crippen MR) is 58.2 cm³/mol. The number of rotatable bonds is 3. The maximum Gasteiger partial charge on any atom is 0.115 e. The molecule has 15 heavy (non-hydrogen) atoms. The first kappa shape index (κ1) is 21.4. The van der Waals surface area contributed by atoms with Gasteiger partial charge >= 0.3 is 0 Å². The monoisotopic (exact) mass is 476 g/mol. The Bertz CT molecular complexity index is 242. The van der Waals surface area contributed by atoms with Gasteiger partial charge in [0.2, 0.25) is 0 Å². The van der Waals surface area contributed by atoms with Crippen LogP contribution in [0.2, 0.25) is 0 Å². The van der Waals surface area contributed by atoms with E-state index in [1.54, 1.807) is 12.1 Å². The summed E-state index contributed by atoms with van der Waals surface area (Å²) < 4.78 is 0. The second kappa shape index (κ2) is 11.6. The largest absolute Gasteiger partial charge is 0.508 e. The summed E-state index contributed by atoms with van der Waals surface area (Å²) in [5, 5.41) is 9.69. The third-order valence-electron chi connectivity index (χ3n) is 1.52. The molecule has 2 radical (unpaired) electrons. The zero-order valence-electron chi connectivity index (χ0n) is 8.90. The number of aromatic hydroxyl groups is 1. The van der Waals surface area contributed by atoms with Gasteiger partial charge in [-0.1, -0.05) is 26.0 Å². The van der Waals surface area contributed by atoms with Gasteiger partial charge in [-0.2, -0.15) is 11.8 Å². The van der Waals surface area contributed by atoms with Crippen LogP contribution in [0.4, 0.5) is 0 Å². The first-order chi connectivity index (χ1) is 5.68. The zero-order valence-corrected chi connectivity index (χ0v) is 15.3. The molecule has 0 bridgehead atoms. The van der Waals surface area contributed by atoms with Crippen LogP contribution in [0.1, 0.15) is 19.4 Å².